The molecule has 0 aromatic heterocycles. The average Bonchev–Trinajstić information content (AvgIpc) is 2.74. The lowest BCUT2D eigenvalue weighted by Gasteiger charge is -2.50. The van der Waals surface area contributed by atoms with Crippen molar-refractivity contribution in [3.8, 4) is 0 Å². The van der Waals surface area contributed by atoms with Crippen molar-refractivity contribution >= 4 is 34.7 Å². The molecule has 0 saturated heterocycles. The lowest BCUT2D eigenvalue weighted by atomic mass is 9.96. The van der Waals surface area contributed by atoms with E-state index in [0.29, 0.717) is 5.92 Å². The zero-order valence-electron chi connectivity index (χ0n) is 15.7. The van der Waals surface area contributed by atoms with Crippen LogP contribution in [0.4, 0.5) is 0 Å². The Morgan fingerprint density at radius 3 is 1.74 bits per heavy atom. The van der Waals surface area contributed by atoms with Crippen LogP contribution in [0.15, 0.2) is 40.6 Å². The van der Waals surface area contributed by atoms with Gasteiger partial charge in [0.05, 0.1) is 20.7 Å². The van der Waals surface area contributed by atoms with Crippen LogP contribution < -0.4 is 0 Å². The normalized spacial score (nSPS) is 27.7. The molecule has 23 heavy (non-hydrogen) atoms. The van der Waals surface area contributed by atoms with Crippen molar-refractivity contribution in [1.82, 2.24) is 0 Å². The first-order valence-electron chi connectivity index (χ1n) is 8.37. The Balaban J connectivity index is 2.71. The predicted molar refractivity (Wildman–Crippen MR) is 110 cm³/mol. The fourth-order valence-electron chi connectivity index (χ4n) is 4.02. The van der Waals surface area contributed by atoms with Gasteiger partial charge in [-0.25, -0.2) is 0 Å². The Morgan fingerprint density at radius 2 is 1.39 bits per heavy atom. The zero-order chi connectivity index (χ0) is 17.7. The topological polar surface area (TPSA) is 24.7 Å². The maximum atomic E-state index is 7.40. The summed E-state index contributed by atoms with van der Waals surface area (Å²) in [5.41, 5.74) is 1.23. The maximum absolute atomic E-state index is 7.40. The third kappa shape index (κ3) is 2.70. The molecule has 1 heterocycles. The van der Waals surface area contributed by atoms with E-state index in [2.05, 4.69) is 83.5 Å². The van der Waals surface area contributed by atoms with Crippen molar-refractivity contribution in [3.63, 3.8) is 0 Å². The van der Waals surface area contributed by atoms with Crippen LogP contribution in [0, 0.1) is 5.92 Å². The number of hydrogen-bond donors (Lipinski definition) is 0. The van der Waals surface area contributed by atoms with Gasteiger partial charge >= 0.3 is 0 Å². The first-order chi connectivity index (χ1) is 10.4. The fourth-order valence-corrected chi connectivity index (χ4v) is 26.7. The van der Waals surface area contributed by atoms with Crippen molar-refractivity contribution in [1.29, 1.82) is 0 Å². The Morgan fingerprint density at radius 1 is 0.913 bits per heavy atom. The molecular weight excluding hydrogens is 355 g/mol. The monoisotopic (exact) mass is 384 g/mol. The van der Waals surface area contributed by atoms with Crippen LogP contribution in [-0.4, -0.2) is 20.7 Å². The van der Waals surface area contributed by atoms with E-state index in [-0.39, 0.29) is 9.81 Å². The molecule has 128 valence electrons. The van der Waals surface area contributed by atoms with Gasteiger partial charge in [-0.3, -0.25) is 0 Å². The van der Waals surface area contributed by atoms with E-state index in [1.807, 2.05) is 0 Å². The molecule has 1 aliphatic heterocycles. The third-order valence-electron chi connectivity index (χ3n) is 5.03. The van der Waals surface area contributed by atoms with Gasteiger partial charge in [0.15, 0.2) is 0 Å². The number of halogens is 1. The predicted octanol–water partition coefficient (Wildman–Crippen LogP) is 7.05. The molecule has 0 amide bonds. The first kappa shape index (κ1) is 19.3. The Hall–Kier alpha value is -0.0262. The molecule has 0 N–H and O–H groups in total. The van der Waals surface area contributed by atoms with Gasteiger partial charge < -0.3 is 0 Å². The summed E-state index contributed by atoms with van der Waals surface area (Å²) in [6.07, 6.45) is 0. The third-order valence-corrected chi connectivity index (χ3v) is 23.8. The second-order valence-electron chi connectivity index (χ2n) is 8.90. The lowest BCUT2D eigenvalue weighted by molar-refractivity contribution is 0.452. The molecule has 0 saturated carbocycles. The first-order valence-corrected chi connectivity index (χ1v) is 17.6. The quantitative estimate of drug-likeness (QED) is 0.392. The van der Waals surface area contributed by atoms with E-state index in [9.17, 15) is 0 Å². The maximum Gasteiger partial charge on any atom is 0.143 e. The zero-order valence-corrected chi connectivity index (χ0v) is 19.3. The molecule has 1 aromatic carbocycles. The largest absolute Gasteiger partial charge is 0.187 e. The SMILES string of the molecule is CC(C)[C@]1(c2ccccc2)N=NC([Si](C)(C)C)([Si](C)(C)C)[P@@]1Cl. The van der Waals surface area contributed by atoms with Crippen LogP contribution in [-0.2, 0) is 5.28 Å². The second-order valence-corrected chi connectivity index (χ2v) is 23.6. The minimum absolute atomic E-state index is 0.0863. The summed E-state index contributed by atoms with van der Waals surface area (Å²) < 4.78 is -0.0863. The molecular formula is C17H30ClN2PSi2. The van der Waals surface area contributed by atoms with Crippen LogP contribution in [0.5, 0.6) is 0 Å². The Kier molecular flexibility index (Phi) is 5.08. The summed E-state index contributed by atoms with van der Waals surface area (Å²) in [6, 6.07) is 10.6. The van der Waals surface area contributed by atoms with E-state index in [1.54, 1.807) is 0 Å². The minimum atomic E-state index is -1.64. The molecule has 0 aliphatic carbocycles. The number of benzene rings is 1. The van der Waals surface area contributed by atoms with Crippen LogP contribution >= 0.6 is 18.5 Å². The van der Waals surface area contributed by atoms with Crippen molar-refractivity contribution in [3.05, 3.63) is 35.9 Å². The van der Waals surface area contributed by atoms with Crippen LogP contribution in [0.2, 0.25) is 39.3 Å². The summed E-state index contributed by atoms with van der Waals surface area (Å²) in [5, 5.41) is 9.73. The summed E-state index contributed by atoms with van der Waals surface area (Å²) in [5.74, 6) is 0.340. The number of rotatable bonds is 4. The summed E-state index contributed by atoms with van der Waals surface area (Å²) in [4.78, 5) is 0. The van der Waals surface area contributed by atoms with Gasteiger partial charge in [-0.2, -0.15) is 10.2 Å². The van der Waals surface area contributed by atoms with Crippen molar-refractivity contribution in [2.75, 3.05) is 0 Å². The summed E-state index contributed by atoms with van der Waals surface area (Å²) >= 11 is 7.40. The van der Waals surface area contributed by atoms with Gasteiger partial charge in [0.1, 0.15) is 5.28 Å². The van der Waals surface area contributed by atoms with Crippen molar-refractivity contribution in [2.45, 2.75) is 62.9 Å². The highest BCUT2D eigenvalue weighted by Gasteiger charge is 2.68. The lowest BCUT2D eigenvalue weighted by Crippen LogP contribution is -2.63. The van der Waals surface area contributed by atoms with Gasteiger partial charge in [0.25, 0.3) is 0 Å². The van der Waals surface area contributed by atoms with E-state index >= 15 is 0 Å². The minimum Gasteiger partial charge on any atom is -0.187 e. The number of azo groups is 1. The van der Waals surface area contributed by atoms with Crippen molar-refractivity contribution < 1.29 is 0 Å². The van der Waals surface area contributed by atoms with Gasteiger partial charge in [-0.15, -0.1) is 0 Å². The van der Waals surface area contributed by atoms with Crippen molar-refractivity contribution in [2.24, 2.45) is 16.1 Å². The Labute approximate surface area is 149 Å². The van der Waals surface area contributed by atoms with Gasteiger partial charge in [0, 0.05) is 7.27 Å². The highest BCUT2D eigenvalue weighted by molar-refractivity contribution is 7.90. The molecule has 0 radical (unpaired) electrons. The van der Waals surface area contributed by atoms with E-state index in [0.717, 1.165) is 0 Å². The fraction of sp³-hybridized carbons (Fsp3) is 0.647. The summed E-state index contributed by atoms with van der Waals surface area (Å²) in [6.45, 7) is 19.0. The van der Waals surface area contributed by atoms with E-state index < -0.39 is 23.4 Å². The molecule has 6 heteroatoms. The molecule has 2 nitrogen and oxygen atoms in total. The molecule has 0 fully saturated rings. The molecule has 0 bridgehead atoms. The van der Waals surface area contributed by atoms with E-state index in [1.165, 1.54) is 5.56 Å². The van der Waals surface area contributed by atoms with Gasteiger partial charge in [-0.05, 0) is 11.5 Å². The summed E-state index contributed by atoms with van der Waals surface area (Å²) in [7, 11) is -4.17. The number of nitrogens with zero attached hydrogens (tertiary/aromatic N) is 2. The smallest absolute Gasteiger partial charge is 0.143 e. The standard InChI is InChI=1S/C17H30ClN2PSi2/c1-14(2)16(15-12-10-9-11-13-15)19-20-17(21(16)18,22(3,4)5)23(6,7)8/h9-14H,1-8H3/t16-,21-/m0/s1. The van der Waals surface area contributed by atoms with Crippen LogP contribution in [0.1, 0.15) is 19.4 Å². The highest BCUT2D eigenvalue weighted by atomic mass is 35.7. The van der Waals surface area contributed by atoms with Gasteiger partial charge in [-0.1, -0.05) is 94.7 Å². The second kappa shape index (κ2) is 6.05. The number of hydrogen-bond acceptors (Lipinski definition) is 2. The van der Waals surface area contributed by atoms with Gasteiger partial charge in [0.2, 0.25) is 0 Å². The average molecular weight is 385 g/mol. The molecule has 1 aromatic rings. The molecule has 1 aliphatic rings. The molecule has 0 unspecified atom stereocenters. The van der Waals surface area contributed by atoms with Crippen LogP contribution in [0.3, 0.4) is 0 Å². The highest BCUT2D eigenvalue weighted by Crippen LogP contribution is 2.78. The molecule has 2 rings (SSSR count). The molecule has 2 atom stereocenters. The Bertz CT molecular complexity index is 579. The van der Waals surface area contributed by atoms with Crippen LogP contribution in [0.25, 0.3) is 0 Å². The molecule has 0 spiro atoms. The van der Waals surface area contributed by atoms with E-state index in [4.69, 9.17) is 21.5 Å².